The number of nitrogens with zero attached hydrogens (tertiary/aromatic N) is 2. The second kappa shape index (κ2) is 4.49. The number of nitrogens with one attached hydrogen (secondary N) is 1. The molecule has 1 aromatic rings. The van der Waals surface area contributed by atoms with E-state index in [4.69, 9.17) is 0 Å². The molecule has 1 aromatic heterocycles. The number of hydrogen-bond donors (Lipinski definition) is 1. The fourth-order valence-electron chi connectivity index (χ4n) is 1.84. The molecule has 1 aliphatic rings. The van der Waals surface area contributed by atoms with Gasteiger partial charge in [0, 0.05) is 36.2 Å². The first-order valence-corrected chi connectivity index (χ1v) is 5.99. The SMILES string of the molecule is Cc1cc(NCC2CN(C)C2)ncc1Br. The lowest BCUT2D eigenvalue weighted by molar-refractivity contribution is 0.144. The average molecular weight is 270 g/mol. The standard InChI is InChI=1S/C11H16BrN3/c1-8-3-11(14-5-10(8)12)13-4-9-6-15(2)7-9/h3,5,9H,4,6-7H2,1-2H3,(H,13,14). The molecule has 0 aliphatic carbocycles. The molecule has 4 heteroatoms. The average Bonchev–Trinajstić information content (AvgIpc) is 2.16. The zero-order valence-corrected chi connectivity index (χ0v) is 10.7. The summed E-state index contributed by atoms with van der Waals surface area (Å²) in [6.45, 7) is 5.50. The van der Waals surface area contributed by atoms with Gasteiger partial charge in [-0.3, -0.25) is 0 Å². The Labute approximate surface area is 99.0 Å². The maximum Gasteiger partial charge on any atom is 0.126 e. The van der Waals surface area contributed by atoms with Gasteiger partial charge >= 0.3 is 0 Å². The molecular weight excluding hydrogens is 254 g/mol. The minimum atomic E-state index is 0.778. The molecule has 0 saturated carbocycles. The highest BCUT2D eigenvalue weighted by Crippen LogP contribution is 2.18. The summed E-state index contributed by atoms with van der Waals surface area (Å²) in [5.74, 6) is 1.76. The number of halogens is 1. The van der Waals surface area contributed by atoms with Crippen molar-refractivity contribution in [1.82, 2.24) is 9.88 Å². The van der Waals surface area contributed by atoms with E-state index in [1.54, 1.807) is 0 Å². The van der Waals surface area contributed by atoms with E-state index in [9.17, 15) is 0 Å². The van der Waals surface area contributed by atoms with Crippen molar-refractivity contribution in [1.29, 1.82) is 0 Å². The van der Waals surface area contributed by atoms with E-state index >= 15 is 0 Å². The van der Waals surface area contributed by atoms with Crippen LogP contribution in [0.4, 0.5) is 5.82 Å². The summed E-state index contributed by atoms with van der Waals surface area (Å²) in [6, 6.07) is 2.08. The lowest BCUT2D eigenvalue weighted by Crippen LogP contribution is -2.46. The van der Waals surface area contributed by atoms with Crippen molar-refractivity contribution in [3.8, 4) is 0 Å². The van der Waals surface area contributed by atoms with Crippen LogP contribution >= 0.6 is 15.9 Å². The zero-order chi connectivity index (χ0) is 10.8. The van der Waals surface area contributed by atoms with Crippen LogP contribution in [0.25, 0.3) is 0 Å². The van der Waals surface area contributed by atoms with Crippen molar-refractivity contribution in [2.75, 3.05) is 32.0 Å². The predicted octanol–water partition coefficient (Wildman–Crippen LogP) is 2.13. The largest absolute Gasteiger partial charge is 0.370 e. The molecular formula is C11H16BrN3. The summed E-state index contributed by atoms with van der Waals surface area (Å²) >= 11 is 3.45. The van der Waals surface area contributed by atoms with Crippen LogP contribution in [0.5, 0.6) is 0 Å². The second-order valence-electron chi connectivity index (χ2n) is 4.29. The van der Waals surface area contributed by atoms with Crippen molar-refractivity contribution in [2.24, 2.45) is 5.92 Å². The van der Waals surface area contributed by atoms with Gasteiger partial charge in [-0.15, -0.1) is 0 Å². The van der Waals surface area contributed by atoms with Gasteiger partial charge in [-0.2, -0.15) is 0 Å². The van der Waals surface area contributed by atoms with E-state index in [0.29, 0.717) is 0 Å². The van der Waals surface area contributed by atoms with Crippen molar-refractivity contribution in [3.63, 3.8) is 0 Å². The minimum Gasteiger partial charge on any atom is -0.370 e. The van der Waals surface area contributed by atoms with Gasteiger partial charge < -0.3 is 10.2 Å². The second-order valence-corrected chi connectivity index (χ2v) is 5.14. The van der Waals surface area contributed by atoms with E-state index < -0.39 is 0 Å². The first-order valence-electron chi connectivity index (χ1n) is 5.19. The van der Waals surface area contributed by atoms with Crippen LogP contribution in [-0.2, 0) is 0 Å². The molecule has 0 unspecified atom stereocenters. The molecule has 0 amide bonds. The van der Waals surface area contributed by atoms with Crippen molar-refractivity contribution in [2.45, 2.75) is 6.92 Å². The van der Waals surface area contributed by atoms with Gasteiger partial charge in [0.25, 0.3) is 0 Å². The van der Waals surface area contributed by atoms with E-state index in [0.717, 1.165) is 22.8 Å². The highest BCUT2D eigenvalue weighted by molar-refractivity contribution is 9.10. The Hall–Kier alpha value is -0.610. The Morgan fingerprint density at radius 1 is 1.60 bits per heavy atom. The monoisotopic (exact) mass is 269 g/mol. The first kappa shape index (κ1) is 10.9. The molecule has 0 spiro atoms. The quantitative estimate of drug-likeness (QED) is 0.912. The molecule has 1 aliphatic heterocycles. The molecule has 2 heterocycles. The number of likely N-dealkylation sites (tertiary alicyclic amines) is 1. The lowest BCUT2D eigenvalue weighted by Gasteiger charge is -2.36. The van der Waals surface area contributed by atoms with Gasteiger partial charge in [-0.25, -0.2) is 4.98 Å². The van der Waals surface area contributed by atoms with Crippen LogP contribution in [0.1, 0.15) is 5.56 Å². The van der Waals surface area contributed by atoms with Gasteiger partial charge in [0.05, 0.1) is 0 Å². The minimum absolute atomic E-state index is 0.778. The summed E-state index contributed by atoms with van der Waals surface area (Å²) in [4.78, 5) is 6.64. The molecule has 0 aromatic carbocycles. The van der Waals surface area contributed by atoms with Gasteiger partial charge in [0.2, 0.25) is 0 Å². The Bertz CT molecular complexity index is 348. The fraction of sp³-hybridized carbons (Fsp3) is 0.545. The summed E-state index contributed by atoms with van der Waals surface area (Å²) < 4.78 is 1.07. The smallest absolute Gasteiger partial charge is 0.126 e. The van der Waals surface area contributed by atoms with Gasteiger partial charge in [0.1, 0.15) is 5.82 Å². The predicted molar refractivity (Wildman–Crippen MR) is 66.2 cm³/mol. The molecule has 0 radical (unpaired) electrons. The van der Waals surface area contributed by atoms with E-state index in [1.807, 2.05) is 6.20 Å². The normalized spacial score (nSPS) is 17.5. The fourth-order valence-corrected chi connectivity index (χ4v) is 2.06. The number of aromatic nitrogens is 1. The third kappa shape index (κ3) is 2.69. The lowest BCUT2D eigenvalue weighted by atomic mass is 10.0. The van der Waals surface area contributed by atoms with Crippen LogP contribution in [0, 0.1) is 12.8 Å². The third-order valence-corrected chi connectivity index (χ3v) is 3.59. The highest BCUT2D eigenvalue weighted by Gasteiger charge is 2.22. The Balaban J connectivity index is 1.86. The Kier molecular flexibility index (Phi) is 3.26. The topological polar surface area (TPSA) is 28.2 Å². The van der Waals surface area contributed by atoms with Gasteiger partial charge in [-0.1, -0.05) is 0 Å². The molecule has 0 atom stereocenters. The van der Waals surface area contributed by atoms with Crippen molar-refractivity contribution < 1.29 is 0 Å². The molecule has 1 fully saturated rings. The van der Waals surface area contributed by atoms with Crippen molar-refractivity contribution >= 4 is 21.7 Å². The molecule has 1 N–H and O–H groups in total. The number of pyridine rings is 1. The first-order chi connectivity index (χ1) is 7.15. The van der Waals surface area contributed by atoms with Gasteiger partial charge in [0.15, 0.2) is 0 Å². The summed E-state index contributed by atoms with van der Waals surface area (Å²) in [6.07, 6.45) is 1.85. The van der Waals surface area contributed by atoms with Crippen LogP contribution in [0.15, 0.2) is 16.7 Å². The Morgan fingerprint density at radius 3 is 2.93 bits per heavy atom. The van der Waals surface area contributed by atoms with Crippen LogP contribution < -0.4 is 5.32 Å². The van der Waals surface area contributed by atoms with Crippen LogP contribution in [0.3, 0.4) is 0 Å². The number of rotatable bonds is 3. The summed E-state index contributed by atoms with van der Waals surface area (Å²) in [5, 5.41) is 3.38. The maximum atomic E-state index is 4.32. The van der Waals surface area contributed by atoms with E-state index in [1.165, 1.54) is 18.7 Å². The van der Waals surface area contributed by atoms with Crippen LogP contribution in [-0.4, -0.2) is 36.6 Å². The maximum absolute atomic E-state index is 4.32. The molecule has 1 saturated heterocycles. The van der Waals surface area contributed by atoms with E-state index in [-0.39, 0.29) is 0 Å². The molecule has 0 bridgehead atoms. The van der Waals surface area contributed by atoms with Gasteiger partial charge in [-0.05, 0) is 41.5 Å². The summed E-state index contributed by atoms with van der Waals surface area (Å²) in [7, 11) is 2.15. The third-order valence-electron chi connectivity index (χ3n) is 2.76. The number of anilines is 1. The van der Waals surface area contributed by atoms with Crippen molar-refractivity contribution in [3.05, 3.63) is 22.3 Å². The summed E-state index contributed by atoms with van der Waals surface area (Å²) in [5.41, 5.74) is 1.22. The molecule has 15 heavy (non-hydrogen) atoms. The Morgan fingerprint density at radius 2 is 2.33 bits per heavy atom. The van der Waals surface area contributed by atoms with Crippen LogP contribution in [0.2, 0.25) is 0 Å². The highest BCUT2D eigenvalue weighted by atomic mass is 79.9. The number of hydrogen-bond acceptors (Lipinski definition) is 3. The molecule has 3 nitrogen and oxygen atoms in total. The number of aryl methyl sites for hydroxylation is 1. The van der Waals surface area contributed by atoms with E-state index in [2.05, 4.69) is 51.2 Å². The zero-order valence-electron chi connectivity index (χ0n) is 9.13. The molecule has 82 valence electrons. The molecule has 2 rings (SSSR count).